The van der Waals surface area contributed by atoms with E-state index in [1.165, 1.54) is 19.2 Å². The van der Waals surface area contributed by atoms with Crippen molar-refractivity contribution in [2.75, 3.05) is 19.4 Å². The summed E-state index contributed by atoms with van der Waals surface area (Å²) < 4.78 is 17.8. The zero-order chi connectivity index (χ0) is 13.1. The third-order valence-electron chi connectivity index (χ3n) is 2.89. The van der Waals surface area contributed by atoms with Gasteiger partial charge in [0.1, 0.15) is 12.9 Å². The number of rotatable bonds is 5. The molecule has 4 nitrogen and oxygen atoms in total. The number of aromatic carboxylic acids is 1. The molecule has 1 aromatic rings. The predicted molar refractivity (Wildman–Crippen MR) is 68.3 cm³/mol. The summed E-state index contributed by atoms with van der Waals surface area (Å²) in [5, 5.41) is 9.49. The van der Waals surface area contributed by atoms with E-state index in [-0.39, 0.29) is 5.56 Å². The summed E-state index contributed by atoms with van der Waals surface area (Å²) in [6.07, 6.45) is 1.01. The molecule has 94 valence electrons. The van der Waals surface area contributed by atoms with E-state index < -0.39 is 13.1 Å². The van der Waals surface area contributed by atoms with Crippen LogP contribution in [0.5, 0.6) is 5.75 Å². The lowest BCUT2D eigenvalue weighted by molar-refractivity contribution is 0.0697. The van der Waals surface area contributed by atoms with Gasteiger partial charge in [-0.05, 0) is 18.2 Å². The molecule has 1 rings (SSSR count). The molecule has 0 amide bonds. The minimum absolute atomic E-state index is 0.142. The van der Waals surface area contributed by atoms with Crippen LogP contribution in [-0.2, 0) is 4.57 Å². The topological polar surface area (TPSA) is 63.6 Å². The molecule has 17 heavy (non-hydrogen) atoms. The Hall–Kier alpha value is -1.28. The molecule has 1 aromatic carbocycles. The molecule has 0 fully saturated rings. The second-order valence-corrected chi connectivity index (χ2v) is 7.24. The van der Waals surface area contributed by atoms with E-state index in [1.54, 1.807) is 6.07 Å². The lowest BCUT2D eigenvalue weighted by atomic mass is 10.2. The van der Waals surface area contributed by atoms with Gasteiger partial charge in [0.25, 0.3) is 0 Å². The average molecular weight is 256 g/mol. The number of carboxylic acid groups (broad SMARTS) is 1. The SMILES string of the molecule is CCP(=O)(CC)c1cc(C(=O)O)ccc1OC. The molecule has 0 aliphatic carbocycles. The van der Waals surface area contributed by atoms with Gasteiger partial charge in [-0.2, -0.15) is 0 Å². The highest BCUT2D eigenvalue weighted by Gasteiger charge is 2.25. The third kappa shape index (κ3) is 2.70. The molecule has 0 aliphatic heterocycles. The Morgan fingerprint density at radius 2 is 1.94 bits per heavy atom. The Kier molecular flexibility index (Phi) is 4.35. The van der Waals surface area contributed by atoms with Gasteiger partial charge in [-0.25, -0.2) is 4.79 Å². The van der Waals surface area contributed by atoms with Crippen molar-refractivity contribution in [2.45, 2.75) is 13.8 Å². The standard InChI is InChI=1S/C12H17O4P/c1-4-17(15,5-2)11-8-9(12(13)14)6-7-10(11)16-3/h6-8H,4-5H2,1-3H3,(H,13,14). The van der Waals surface area contributed by atoms with Gasteiger partial charge in [0.15, 0.2) is 0 Å². The number of methoxy groups -OCH3 is 1. The van der Waals surface area contributed by atoms with Crippen LogP contribution in [-0.4, -0.2) is 30.5 Å². The van der Waals surface area contributed by atoms with Gasteiger partial charge in [0.05, 0.1) is 18.0 Å². The fourth-order valence-electron chi connectivity index (χ4n) is 1.71. The molecule has 0 saturated carbocycles. The van der Waals surface area contributed by atoms with E-state index >= 15 is 0 Å². The van der Waals surface area contributed by atoms with Crippen LogP contribution in [0.15, 0.2) is 18.2 Å². The minimum Gasteiger partial charge on any atom is -0.496 e. The molecule has 0 radical (unpaired) electrons. The highest BCUT2D eigenvalue weighted by Crippen LogP contribution is 2.46. The second-order valence-electron chi connectivity index (χ2n) is 3.71. The normalized spacial score (nSPS) is 11.2. The van der Waals surface area contributed by atoms with Crippen molar-refractivity contribution in [1.29, 1.82) is 0 Å². The van der Waals surface area contributed by atoms with E-state index in [4.69, 9.17) is 9.84 Å². The summed E-state index contributed by atoms with van der Waals surface area (Å²) in [5.41, 5.74) is 0.142. The van der Waals surface area contributed by atoms with E-state index in [0.29, 0.717) is 23.4 Å². The number of ether oxygens (including phenoxy) is 1. The molecule has 0 unspecified atom stereocenters. The largest absolute Gasteiger partial charge is 0.496 e. The highest BCUT2D eigenvalue weighted by molar-refractivity contribution is 7.71. The monoisotopic (exact) mass is 256 g/mol. The van der Waals surface area contributed by atoms with Gasteiger partial charge in [0.2, 0.25) is 0 Å². The van der Waals surface area contributed by atoms with Crippen molar-refractivity contribution in [3.05, 3.63) is 23.8 Å². The Labute approximate surface area is 101 Å². The Morgan fingerprint density at radius 1 is 1.35 bits per heavy atom. The predicted octanol–water partition coefficient (Wildman–Crippen LogP) is 2.42. The first-order valence-corrected chi connectivity index (χ1v) is 7.56. The van der Waals surface area contributed by atoms with E-state index in [1.807, 2.05) is 13.8 Å². The van der Waals surface area contributed by atoms with E-state index in [0.717, 1.165) is 0 Å². The van der Waals surface area contributed by atoms with Gasteiger partial charge >= 0.3 is 5.97 Å². The summed E-state index contributed by atoms with van der Waals surface area (Å²) in [7, 11) is -1.05. The maximum atomic E-state index is 12.6. The number of benzene rings is 1. The fraction of sp³-hybridized carbons (Fsp3) is 0.417. The van der Waals surface area contributed by atoms with Crippen molar-refractivity contribution in [1.82, 2.24) is 0 Å². The van der Waals surface area contributed by atoms with Crippen LogP contribution in [0.3, 0.4) is 0 Å². The Bertz CT molecular complexity index is 460. The average Bonchev–Trinajstić information content (AvgIpc) is 2.36. The molecular formula is C12H17O4P. The van der Waals surface area contributed by atoms with Crippen LogP contribution in [0.2, 0.25) is 0 Å². The van der Waals surface area contributed by atoms with Gasteiger partial charge in [-0.3, -0.25) is 0 Å². The number of carboxylic acids is 1. The summed E-state index contributed by atoms with van der Waals surface area (Å²) in [6, 6.07) is 4.49. The third-order valence-corrected chi connectivity index (χ3v) is 6.16. The van der Waals surface area contributed by atoms with Crippen molar-refractivity contribution in [2.24, 2.45) is 0 Å². The van der Waals surface area contributed by atoms with Gasteiger partial charge < -0.3 is 14.4 Å². The molecule has 1 N–H and O–H groups in total. The first-order chi connectivity index (χ1) is 7.98. The van der Waals surface area contributed by atoms with Gasteiger partial charge in [-0.1, -0.05) is 13.8 Å². The smallest absolute Gasteiger partial charge is 0.335 e. The summed E-state index contributed by atoms with van der Waals surface area (Å²) >= 11 is 0. The van der Waals surface area contributed by atoms with E-state index in [2.05, 4.69) is 0 Å². The summed E-state index contributed by atoms with van der Waals surface area (Å²) in [6.45, 7) is 3.69. The molecule has 5 heteroatoms. The van der Waals surface area contributed by atoms with Crippen molar-refractivity contribution in [3.63, 3.8) is 0 Å². The molecule has 0 atom stereocenters. The van der Waals surface area contributed by atoms with Crippen molar-refractivity contribution in [3.8, 4) is 5.75 Å². The summed E-state index contributed by atoms with van der Waals surface area (Å²) in [4.78, 5) is 10.9. The molecule has 0 aliphatic rings. The van der Waals surface area contributed by atoms with Crippen LogP contribution in [0.4, 0.5) is 0 Å². The lowest BCUT2D eigenvalue weighted by Gasteiger charge is -2.18. The van der Waals surface area contributed by atoms with Crippen molar-refractivity contribution < 1.29 is 19.2 Å². The van der Waals surface area contributed by atoms with Crippen LogP contribution in [0.1, 0.15) is 24.2 Å². The van der Waals surface area contributed by atoms with Crippen LogP contribution in [0.25, 0.3) is 0 Å². The van der Waals surface area contributed by atoms with Crippen LogP contribution in [0, 0.1) is 0 Å². The Balaban J connectivity index is 3.42. The first-order valence-electron chi connectivity index (χ1n) is 5.48. The zero-order valence-corrected chi connectivity index (χ0v) is 11.2. The quantitative estimate of drug-likeness (QED) is 0.822. The highest BCUT2D eigenvalue weighted by atomic mass is 31.2. The minimum atomic E-state index is -2.54. The molecule has 0 aromatic heterocycles. The maximum absolute atomic E-state index is 12.6. The molecule has 0 bridgehead atoms. The van der Waals surface area contributed by atoms with Crippen molar-refractivity contribution >= 4 is 18.4 Å². The molecule has 0 spiro atoms. The molecular weight excluding hydrogens is 239 g/mol. The molecule has 0 heterocycles. The zero-order valence-electron chi connectivity index (χ0n) is 10.3. The molecule has 0 saturated heterocycles. The maximum Gasteiger partial charge on any atom is 0.335 e. The lowest BCUT2D eigenvalue weighted by Crippen LogP contribution is -2.14. The fourth-order valence-corrected chi connectivity index (χ4v) is 3.78. The summed E-state index contributed by atoms with van der Waals surface area (Å²) in [5.74, 6) is -0.519. The van der Waals surface area contributed by atoms with Crippen LogP contribution < -0.4 is 10.0 Å². The van der Waals surface area contributed by atoms with E-state index in [9.17, 15) is 9.36 Å². The number of hydrogen-bond donors (Lipinski definition) is 1. The first kappa shape index (κ1) is 13.8. The van der Waals surface area contributed by atoms with Gasteiger partial charge in [0, 0.05) is 12.3 Å². The number of carbonyl (C=O) groups is 1. The second kappa shape index (κ2) is 5.37. The number of hydrogen-bond acceptors (Lipinski definition) is 3. The van der Waals surface area contributed by atoms with Gasteiger partial charge in [-0.15, -0.1) is 0 Å². The Morgan fingerprint density at radius 3 is 2.35 bits per heavy atom. The van der Waals surface area contributed by atoms with Crippen LogP contribution >= 0.6 is 7.14 Å².